The molecule has 1 aliphatic rings. The molecule has 144 valence electrons. The second-order valence-corrected chi connectivity index (χ2v) is 7.46. The summed E-state index contributed by atoms with van der Waals surface area (Å²) in [6.45, 7) is 2.78. The summed E-state index contributed by atoms with van der Waals surface area (Å²) in [6, 6.07) is 16.8. The van der Waals surface area contributed by atoms with E-state index in [9.17, 15) is 4.79 Å². The SMILES string of the molecule is COc1ccc2c(c1)CCCC2CC(=O)NCC(C)N(C)c1ccccc1. The molecule has 2 atom stereocenters. The molecule has 0 bridgehead atoms. The molecule has 0 saturated carbocycles. The number of hydrogen-bond donors (Lipinski definition) is 1. The first-order valence-corrected chi connectivity index (χ1v) is 9.80. The summed E-state index contributed by atoms with van der Waals surface area (Å²) < 4.78 is 5.34. The molecular formula is C23H30N2O2. The van der Waals surface area contributed by atoms with Crippen molar-refractivity contribution in [1.82, 2.24) is 5.32 Å². The third-order valence-corrected chi connectivity index (χ3v) is 5.64. The number of carbonyl (C=O) groups excluding carboxylic acids is 1. The lowest BCUT2D eigenvalue weighted by atomic mass is 9.81. The normalized spacial score (nSPS) is 16.9. The van der Waals surface area contributed by atoms with Crippen molar-refractivity contribution in [2.45, 2.75) is 44.6 Å². The number of para-hydroxylation sites is 1. The van der Waals surface area contributed by atoms with Crippen LogP contribution >= 0.6 is 0 Å². The van der Waals surface area contributed by atoms with Crippen molar-refractivity contribution < 1.29 is 9.53 Å². The molecule has 2 unspecified atom stereocenters. The fraction of sp³-hybridized carbons (Fsp3) is 0.435. The molecule has 0 spiro atoms. The summed E-state index contributed by atoms with van der Waals surface area (Å²) in [7, 11) is 3.76. The van der Waals surface area contributed by atoms with Gasteiger partial charge in [-0.15, -0.1) is 0 Å². The number of anilines is 1. The largest absolute Gasteiger partial charge is 0.497 e. The highest BCUT2D eigenvalue weighted by atomic mass is 16.5. The maximum atomic E-state index is 12.6. The number of benzene rings is 2. The number of methoxy groups -OCH3 is 1. The number of amides is 1. The molecule has 0 fully saturated rings. The first-order chi connectivity index (χ1) is 13.1. The number of nitrogens with one attached hydrogen (secondary N) is 1. The smallest absolute Gasteiger partial charge is 0.220 e. The third-order valence-electron chi connectivity index (χ3n) is 5.64. The van der Waals surface area contributed by atoms with Gasteiger partial charge in [0.15, 0.2) is 0 Å². The van der Waals surface area contributed by atoms with E-state index < -0.39 is 0 Å². The molecule has 2 aromatic rings. The lowest BCUT2D eigenvalue weighted by molar-refractivity contribution is -0.121. The van der Waals surface area contributed by atoms with Crippen molar-refractivity contribution >= 4 is 11.6 Å². The van der Waals surface area contributed by atoms with E-state index in [1.807, 2.05) is 24.3 Å². The fourth-order valence-electron chi connectivity index (χ4n) is 3.84. The number of aryl methyl sites for hydroxylation is 1. The molecule has 0 aliphatic heterocycles. The Morgan fingerprint density at radius 1 is 1.26 bits per heavy atom. The minimum atomic E-state index is 0.136. The maximum absolute atomic E-state index is 12.6. The molecule has 1 aliphatic carbocycles. The summed E-state index contributed by atoms with van der Waals surface area (Å²) in [5, 5.41) is 3.13. The van der Waals surface area contributed by atoms with E-state index >= 15 is 0 Å². The maximum Gasteiger partial charge on any atom is 0.220 e. The molecule has 4 nitrogen and oxygen atoms in total. The van der Waals surface area contributed by atoms with Gasteiger partial charge in [0.05, 0.1) is 7.11 Å². The van der Waals surface area contributed by atoms with Gasteiger partial charge in [-0.2, -0.15) is 0 Å². The zero-order valence-electron chi connectivity index (χ0n) is 16.6. The highest BCUT2D eigenvalue weighted by Gasteiger charge is 2.23. The number of ether oxygens (including phenoxy) is 1. The second-order valence-electron chi connectivity index (χ2n) is 7.46. The highest BCUT2D eigenvalue weighted by molar-refractivity contribution is 5.77. The van der Waals surface area contributed by atoms with Crippen molar-refractivity contribution in [3.8, 4) is 5.75 Å². The molecule has 0 saturated heterocycles. The Hall–Kier alpha value is -2.49. The zero-order chi connectivity index (χ0) is 19.2. The third kappa shape index (κ3) is 4.82. The van der Waals surface area contributed by atoms with Gasteiger partial charge in [0, 0.05) is 31.7 Å². The van der Waals surface area contributed by atoms with Crippen LogP contribution in [-0.4, -0.2) is 32.7 Å². The molecule has 0 aromatic heterocycles. The van der Waals surface area contributed by atoms with Crippen LogP contribution in [0.3, 0.4) is 0 Å². The molecule has 4 heteroatoms. The van der Waals surface area contributed by atoms with Crippen LogP contribution in [0.4, 0.5) is 5.69 Å². The number of fused-ring (bicyclic) bond motifs is 1. The Morgan fingerprint density at radius 3 is 2.78 bits per heavy atom. The number of nitrogens with zero attached hydrogens (tertiary/aromatic N) is 1. The summed E-state index contributed by atoms with van der Waals surface area (Å²) in [6.07, 6.45) is 3.84. The van der Waals surface area contributed by atoms with Crippen LogP contribution in [0.5, 0.6) is 5.75 Å². The Kier molecular flexibility index (Phi) is 6.38. The fourth-order valence-corrected chi connectivity index (χ4v) is 3.84. The molecule has 1 N–H and O–H groups in total. The van der Waals surface area contributed by atoms with Crippen LogP contribution in [0.25, 0.3) is 0 Å². The van der Waals surface area contributed by atoms with E-state index in [1.165, 1.54) is 11.1 Å². The van der Waals surface area contributed by atoms with Crippen molar-refractivity contribution in [3.05, 3.63) is 59.7 Å². The van der Waals surface area contributed by atoms with Gasteiger partial charge in [-0.3, -0.25) is 4.79 Å². The van der Waals surface area contributed by atoms with E-state index in [2.05, 4.69) is 48.5 Å². The predicted octanol–water partition coefficient (Wildman–Crippen LogP) is 4.15. The minimum absolute atomic E-state index is 0.136. The Labute approximate surface area is 162 Å². The van der Waals surface area contributed by atoms with Crippen LogP contribution in [-0.2, 0) is 11.2 Å². The van der Waals surface area contributed by atoms with E-state index in [0.717, 1.165) is 30.7 Å². The molecule has 0 heterocycles. The average molecular weight is 367 g/mol. The Balaban J connectivity index is 1.54. The van der Waals surface area contributed by atoms with Crippen molar-refractivity contribution in [2.75, 3.05) is 25.6 Å². The predicted molar refractivity (Wildman–Crippen MR) is 111 cm³/mol. The number of rotatable bonds is 7. The minimum Gasteiger partial charge on any atom is -0.497 e. The van der Waals surface area contributed by atoms with Gasteiger partial charge in [0.25, 0.3) is 0 Å². The van der Waals surface area contributed by atoms with Crippen LogP contribution in [0.2, 0.25) is 0 Å². The van der Waals surface area contributed by atoms with E-state index in [-0.39, 0.29) is 11.9 Å². The number of likely N-dealkylation sites (N-methyl/N-ethyl adjacent to an activating group) is 1. The molecule has 1 amide bonds. The van der Waals surface area contributed by atoms with Crippen molar-refractivity contribution in [3.63, 3.8) is 0 Å². The van der Waals surface area contributed by atoms with Gasteiger partial charge >= 0.3 is 0 Å². The van der Waals surface area contributed by atoms with Crippen LogP contribution in [0.1, 0.15) is 43.2 Å². The van der Waals surface area contributed by atoms with Crippen LogP contribution in [0, 0.1) is 0 Å². The molecule has 2 aromatic carbocycles. The molecular weight excluding hydrogens is 336 g/mol. The van der Waals surface area contributed by atoms with Crippen LogP contribution < -0.4 is 15.0 Å². The van der Waals surface area contributed by atoms with Crippen molar-refractivity contribution in [1.29, 1.82) is 0 Å². The van der Waals surface area contributed by atoms with Gasteiger partial charge in [0.2, 0.25) is 5.91 Å². The van der Waals surface area contributed by atoms with Crippen molar-refractivity contribution in [2.24, 2.45) is 0 Å². The second kappa shape index (κ2) is 8.94. The van der Waals surface area contributed by atoms with Gasteiger partial charge in [-0.1, -0.05) is 24.3 Å². The summed E-state index contributed by atoms with van der Waals surface area (Å²) in [5.74, 6) is 1.34. The van der Waals surface area contributed by atoms with Gasteiger partial charge in [0.1, 0.15) is 5.75 Å². The van der Waals surface area contributed by atoms with Gasteiger partial charge in [-0.05, 0) is 67.5 Å². The zero-order valence-corrected chi connectivity index (χ0v) is 16.6. The van der Waals surface area contributed by atoms with E-state index in [4.69, 9.17) is 4.74 Å². The first-order valence-electron chi connectivity index (χ1n) is 9.80. The summed E-state index contributed by atoms with van der Waals surface area (Å²) >= 11 is 0. The first kappa shape index (κ1) is 19.3. The number of carbonyl (C=O) groups is 1. The topological polar surface area (TPSA) is 41.6 Å². The molecule has 27 heavy (non-hydrogen) atoms. The highest BCUT2D eigenvalue weighted by Crippen LogP contribution is 2.35. The summed E-state index contributed by atoms with van der Waals surface area (Å²) in [4.78, 5) is 14.8. The summed E-state index contributed by atoms with van der Waals surface area (Å²) in [5.41, 5.74) is 3.80. The lowest BCUT2D eigenvalue weighted by Gasteiger charge is -2.28. The van der Waals surface area contributed by atoms with Gasteiger partial charge < -0.3 is 15.0 Å². The molecule has 3 rings (SSSR count). The van der Waals surface area contributed by atoms with E-state index in [0.29, 0.717) is 18.9 Å². The Morgan fingerprint density at radius 2 is 2.04 bits per heavy atom. The monoisotopic (exact) mass is 366 g/mol. The number of hydrogen-bond acceptors (Lipinski definition) is 3. The Bertz CT molecular complexity index is 760. The van der Waals surface area contributed by atoms with E-state index in [1.54, 1.807) is 7.11 Å². The quantitative estimate of drug-likeness (QED) is 0.800. The van der Waals surface area contributed by atoms with Crippen LogP contribution in [0.15, 0.2) is 48.5 Å². The standard InChI is InChI=1S/C23H30N2O2/c1-17(25(2)20-10-5-4-6-11-20)16-24-23(26)15-19-9-7-8-18-14-21(27-3)12-13-22(18)19/h4-6,10-14,17,19H,7-9,15-16H2,1-3H3,(H,24,26). The average Bonchev–Trinajstić information content (AvgIpc) is 2.71. The lowest BCUT2D eigenvalue weighted by Crippen LogP contribution is -2.40. The van der Waals surface area contributed by atoms with Gasteiger partial charge in [-0.25, -0.2) is 0 Å². The molecule has 0 radical (unpaired) electrons.